The number of aryl methyl sites for hydroxylation is 2. The molecule has 32 heavy (non-hydrogen) atoms. The van der Waals surface area contributed by atoms with Crippen molar-refractivity contribution in [2.75, 3.05) is 21.0 Å². The second-order valence-corrected chi connectivity index (χ2v) is 10.1. The number of nitrogens with zero attached hydrogens (tertiary/aromatic N) is 1. The number of rotatable bonds is 9. The van der Waals surface area contributed by atoms with Crippen LogP contribution in [0.25, 0.3) is 0 Å². The molecule has 0 saturated heterocycles. The molecule has 3 aromatic carbocycles. The number of ether oxygens (including phenoxy) is 2. The van der Waals surface area contributed by atoms with Crippen molar-refractivity contribution in [3.63, 3.8) is 0 Å². The van der Waals surface area contributed by atoms with Crippen molar-refractivity contribution in [2.24, 2.45) is 4.99 Å². The molecule has 0 aromatic heterocycles. The smallest absolute Gasteiger partial charge is 0.188 e. The number of hydrogen-bond acceptors (Lipinski definition) is 3. The van der Waals surface area contributed by atoms with Gasteiger partial charge in [-0.15, -0.1) is 0 Å². The molecule has 0 N–H and O–H groups in total. The molecule has 0 spiro atoms. The third-order valence-electron chi connectivity index (χ3n) is 6.03. The van der Waals surface area contributed by atoms with E-state index in [1.54, 1.807) is 7.11 Å². The monoisotopic (exact) mass is 447 g/mol. The molecule has 0 aliphatic rings. The molecule has 0 bridgehead atoms. The van der Waals surface area contributed by atoms with Crippen molar-refractivity contribution in [1.82, 2.24) is 0 Å². The van der Waals surface area contributed by atoms with E-state index < -0.39 is 0 Å². The van der Waals surface area contributed by atoms with E-state index in [1.807, 2.05) is 13.1 Å². The molecule has 0 radical (unpaired) electrons. The molecule has 2 atom stereocenters. The van der Waals surface area contributed by atoms with E-state index in [0.717, 1.165) is 29.0 Å². The highest BCUT2D eigenvalue weighted by Gasteiger charge is 2.31. The van der Waals surface area contributed by atoms with Gasteiger partial charge in [0.2, 0.25) is 0 Å². The van der Waals surface area contributed by atoms with Crippen molar-refractivity contribution < 1.29 is 9.47 Å². The summed E-state index contributed by atoms with van der Waals surface area (Å²) in [6, 6.07) is 23.4. The Morgan fingerprint density at radius 3 is 2.28 bits per heavy atom. The first-order chi connectivity index (χ1) is 15.4. The first-order valence-corrected chi connectivity index (χ1v) is 12.1. The van der Waals surface area contributed by atoms with Gasteiger partial charge in [0.1, 0.15) is 5.75 Å². The topological polar surface area (TPSA) is 30.8 Å². The number of aliphatic imine (C=N–C) groups is 1. The van der Waals surface area contributed by atoms with Crippen molar-refractivity contribution >= 4 is 19.6 Å². The van der Waals surface area contributed by atoms with Crippen LogP contribution in [-0.4, -0.2) is 26.7 Å². The third-order valence-corrected chi connectivity index (χ3v) is 8.12. The standard InChI is InChI=1S/C28H34NO2P/c1-7-28(4,24-18-12-13-20(2)26(24)31-19-30-6)32-27-21(3)14-11-17-23(27)25(29-5)22-15-9-8-10-16-22/h8-18,32H,7,19H2,1-6H3/b29-25+. The molecule has 0 heterocycles. The van der Waals surface area contributed by atoms with E-state index in [-0.39, 0.29) is 11.9 Å². The Hall–Kier alpha value is -2.48. The summed E-state index contributed by atoms with van der Waals surface area (Å²) >= 11 is 0. The van der Waals surface area contributed by atoms with Gasteiger partial charge in [0.15, 0.2) is 6.79 Å². The van der Waals surface area contributed by atoms with Gasteiger partial charge in [0.05, 0.1) is 5.71 Å². The predicted molar refractivity (Wildman–Crippen MR) is 138 cm³/mol. The lowest BCUT2D eigenvalue weighted by Gasteiger charge is -2.33. The molecular formula is C28H34NO2P. The summed E-state index contributed by atoms with van der Waals surface area (Å²) in [4.78, 5) is 4.71. The van der Waals surface area contributed by atoms with Crippen LogP contribution >= 0.6 is 8.58 Å². The van der Waals surface area contributed by atoms with Crippen molar-refractivity contribution in [3.05, 3.63) is 94.5 Å². The fourth-order valence-corrected chi connectivity index (χ4v) is 5.73. The molecule has 0 aliphatic carbocycles. The van der Waals surface area contributed by atoms with Crippen LogP contribution in [0.1, 0.15) is 48.1 Å². The maximum atomic E-state index is 6.06. The first kappa shape index (κ1) is 24.2. The summed E-state index contributed by atoms with van der Waals surface area (Å²) in [6.45, 7) is 9.17. The number of methoxy groups -OCH3 is 1. The average molecular weight is 448 g/mol. The summed E-state index contributed by atoms with van der Waals surface area (Å²) in [7, 11) is 4.10. The Bertz CT molecular complexity index is 1080. The minimum absolute atomic E-state index is 0.0779. The van der Waals surface area contributed by atoms with E-state index in [0.29, 0.717) is 8.58 Å². The number of hydrogen-bond donors (Lipinski definition) is 0. The predicted octanol–water partition coefficient (Wildman–Crippen LogP) is 6.38. The van der Waals surface area contributed by atoms with Crippen molar-refractivity contribution in [3.8, 4) is 5.75 Å². The summed E-state index contributed by atoms with van der Waals surface area (Å²) in [5.41, 5.74) is 7.06. The summed E-state index contributed by atoms with van der Waals surface area (Å²) in [6.07, 6.45) is 0.996. The lowest BCUT2D eigenvalue weighted by molar-refractivity contribution is 0.0495. The molecule has 0 aliphatic heterocycles. The second kappa shape index (κ2) is 10.9. The van der Waals surface area contributed by atoms with Crippen LogP contribution in [0.15, 0.2) is 71.7 Å². The van der Waals surface area contributed by atoms with Gasteiger partial charge < -0.3 is 9.47 Å². The van der Waals surface area contributed by atoms with E-state index in [4.69, 9.17) is 14.5 Å². The second-order valence-electron chi connectivity index (χ2n) is 8.25. The van der Waals surface area contributed by atoms with Gasteiger partial charge in [-0.05, 0) is 36.7 Å². The van der Waals surface area contributed by atoms with Crippen LogP contribution in [0, 0.1) is 13.8 Å². The quantitative estimate of drug-likeness (QED) is 0.216. The van der Waals surface area contributed by atoms with Crippen LogP contribution in [0.3, 0.4) is 0 Å². The molecule has 3 nitrogen and oxygen atoms in total. The Kier molecular flexibility index (Phi) is 8.23. The van der Waals surface area contributed by atoms with Crippen LogP contribution in [0.4, 0.5) is 0 Å². The molecule has 2 unspecified atom stereocenters. The maximum absolute atomic E-state index is 6.06. The molecule has 0 amide bonds. The molecule has 4 heteroatoms. The van der Waals surface area contributed by atoms with E-state index >= 15 is 0 Å². The summed E-state index contributed by atoms with van der Waals surface area (Å²) in [5, 5.41) is 1.28. The average Bonchev–Trinajstić information content (AvgIpc) is 2.81. The molecule has 0 fully saturated rings. The van der Waals surface area contributed by atoms with Crippen LogP contribution in [-0.2, 0) is 9.89 Å². The highest BCUT2D eigenvalue weighted by molar-refractivity contribution is 7.49. The molecular weight excluding hydrogens is 413 g/mol. The number of benzene rings is 3. The Labute approximate surface area is 194 Å². The Morgan fingerprint density at radius 1 is 0.938 bits per heavy atom. The molecule has 0 saturated carbocycles. The lowest BCUT2D eigenvalue weighted by atomic mass is 9.94. The van der Waals surface area contributed by atoms with E-state index in [9.17, 15) is 0 Å². The Morgan fingerprint density at radius 2 is 1.62 bits per heavy atom. The van der Waals surface area contributed by atoms with Gasteiger partial charge >= 0.3 is 0 Å². The van der Waals surface area contributed by atoms with Crippen LogP contribution in [0.2, 0.25) is 0 Å². The van der Waals surface area contributed by atoms with Gasteiger partial charge in [-0.3, -0.25) is 4.99 Å². The molecule has 168 valence electrons. The van der Waals surface area contributed by atoms with Crippen molar-refractivity contribution in [1.29, 1.82) is 0 Å². The van der Waals surface area contributed by atoms with Crippen molar-refractivity contribution in [2.45, 2.75) is 39.3 Å². The largest absolute Gasteiger partial charge is 0.467 e. The SMILES string of the molecule is CCC(C)(Pc1c(C)cccc1/C(=N/C)c1ccccc1)c1cccc(C)c1OCOC. The normalized spacial score (nSPS) is 14.0. The van der Waals surface area contributed by atoms with Gasteiger partial charge in [-0.2, -0.15) is 0 Å². The van der Waals surface area contributed by atoms with Crippen LogP contribution < -0.4 is 10.0 Å². The Balaban J connectivity index is 2.11. The lowest BCUT2D eigenvalue weighted by Crippen LogP contribution is -2.24. The third kappa shape index (κ3) is 5.11. The zero-order valence-corrected chi connectivity index (χ0v) is 21.0. The zero-order chi connectivity index (χ0) is 23.1. The van der Waals surface area contributed by atoms with Gasteiger partial charge in [0, 0.05) is 36.0 Å². The molecule has 3 aromatic rings. The minimum Gasteiger partial charge on any atom is -0.467 e. The fraction of sp³-hybridized carbons (Fsp3) is 0.321. The highest BCUT2D eigenvalue weighted by atomic mass is 31.1. The summed E-state index contributed by atoms with van der Waals surface area (Å²) < 4.78 is 11.3. The first-order valence-electron chi connectivity index (χ1n) is 11.1. The van der Waals surface area contributed by atoms with E-state index in [2.05, 4.69) is 88.4 Å². The zero-order valence-electron chi connectivity index (χ0n) is 20.0. The highest BCUT2D eigenvalue weighted by Crippen LogP contribution is 2.49. The van der Waals surface area contributed by atoms with Gasteiger partial charge in [-0.25, -0.2) is 0 Å². The van der Waals surface area contributed by atoms with E-state index in [1.165, 1.54) is 22.0 Å². The van der Waals surface area contributed by atoms with Gasteiger partial charge in [-0.1, -0.05) is 89.2 Å². The van der Waals surface area contributed by atoms with Gasteiger partial charge in [0.25, 0.3) is 0 Å². The maximum Gasteiger partial charge on any atom is 0.188 e. The fourth-order valence-electron chi connectivity index (χ4n) is 4.05. The number of para-hydroxylation sites is 1. The minimum atomic E-state index is -0.0779. The molecule has 3 rings (SSSR count). The summed E-state index contributed by atoms with van der Waals surface area (Å²) in [5.74, 6) is 0.939. The van der Waals surface area contributed by atoms with Crippen LogP contribution in [0.5, 0.6) is 5.75 Å².